The summed E-state index contributed by atoms with van der Waals surface area (Å²) in [6.45, 7) is 0. The zero-order chi connectivity index (χ0) is 33.0. The van der Waals surface area contributed by atoms with E-state index in [2.05, 4.69) is 113 Å². The highest BCUT2D eigenvalue weighted by Gasteiger charge is 2.17. The van der Waals surface area contributed by atoms with Crippen LogP contribution in [0, 0.1) is 0 Å². The second kappa shape index (κ2) is 11.6. The fourth-order valence-electron chi connectivity index (χ4n) is 7.16. The lowest BCUT2D eigenvalue weighted by molar-refractivity contribution is 1.07. The summed E-state index contributed by atoms with van der Waals surface area (Å²) in [6.07, 6.45) is 0. The Balaban J connectivity index is 1.07. The van der Waals surface area contributed by atoms with Crippen LogP contribution in [0.4, 0.5) is 0 Å². The highest BCUT2D eigenvalue weighted by Crippen LogP contribution is 2.40. The normalized spacial score (nSPS) is 11.6. The molecule has 3 aromatic heterocycles. The van der Waals surface area contributed by atoms with Gasteiger partial charge in [-0.15, -0.1) is 11.3 Å². The predicted molar refractivity (Wildman–Crippen MR) is 209 cm³/mol. The molecule has 0 bridgehead atoms. The van der Waals surface area contributed by atoms with Crippen molar-refractivity contribution >= 4 is 54.0 Å². The van der Waals surface area contributed by atoms with Crippen LogP contribution < -0.4 is 0 Å². The number of rotatable bonds is 5. The number of aromatic nitrogens is 4. The van der Waals surface area contributed by atoms with E-state index in [0.29, 0.717) is 17.5 Å². The molecule has 3 heterocycles. The Morgan fingerprint density at radius 1 is 0.400 bits per heavy atom. The van der Waals surface area contributed by atoms with Gasteiger partial charge in [-0.2, -0.15) is 0 Å². The number of thiophene rings is 1. The molecule has 50 heavy (non-hydrogen) atoms. The van der Waals surface area contributed by atoms with Crippen LogP contribution in [0.1, 0.15) is 0 Å². The Morgan fingerprint density at radius 2 is 1.02 bits per heavy atom. The molecule has 0 aliphatic carbocycles. The van der Waals surface area contributed by atoms with Crippen molar-refractivity contribution in [3.63, 3.8) is 0 Å². The minimum absolute atomic E-state index is 0.647. The molecule has 0 saturated heterocycles. The maximum Gasteiger partial charge on any atom is 0.164 e. The van der Waals surface area contributed by atoms with Gasteiger partial charge < -0.3 is 4.57 Å². The van der Waals surface area contributed by atoms with Crippen LogP contribution in [-0.4, -0.2) is 19.5 Å². The number of hydrogen-bond donors (Lipinski definition) is 0. The molecule has 0 aliphatic rings. The molecule has 10 rings (SSSR count). The summed E-state index contributed by atoms with van der Waals surface area (Å²) in [7, 11) is 0. The van der Waals surface area contributed by atoms with Gasteiger partial charge in [-0.1, -0.05) is 127 Å². The van der Waals surface area contributed by atoms with Crippen molar-refractivity contribution in [3.8, 4) is 51.0 Å². The Labute approximate surface area is 292 Å². The number of fused-ring (bicyclic) bond motifs is 7. The van der Waals surface area contributed by atoms with Crippen LogP contribution in [-0.2, 0) is 0 Å². The zero-order valence-electron chi connectivity index (χ0n) is 26.9. The molecule has 234 valence electrons. The van der Waals surface area contributed by atoms with E-state index in [0.717, 1.165) is 33.5 Å². The van der Waals surface area contributed by atoms with Crippen molar-refractivity contribution in [2.24, 2.45) is 0 Å². The van der Waals surface area contributed by atoms with Gasteiger partial charge in [0.05, 0.1) is 11.0 Å². The molecular weight excluding hydrogens is 629 g/mol. The highest BCUT2D eigenvalue weighted by molar-refractivity contribution is 7.18. The van der Waals surface area contributed by atoms with Gasteiger partial charge in [0.1, 0.15) is 0 Å². The second-order valence-corrected chi connectivity index (χ2v) is 13.4. The Bertz CT molecular complexity index is 2800. The summed E-state index contributed by atoms with van der Waals surface area (Å²) >= 11 is 1.81. The van der Waals surface area contributed by atoms with E-state index in [9.17, 15) is 0 Å². The van der Waals surface area contributed by atoms with Crippen molar-refractivity contribution in [1.82, 2.24) is 19.5 Å². The van der Waals surface area contributed by atoms with Crippen LogP contribution in [0.25, 0.3) is 93.6 Å². The summed E-state index contributed by atoms with van der Waals surface area (Å²) in [5.74, 6) is 1.96. The third-order valence-electron chi connectivity index (χ3n) is 9.53. The molecule has 0 saturated carbocycles. The van der Waals surface area contributed by atoms with E-state index in [1.165, 1.54) is 42.7 Å². The van der Waals surface area contributed by atoms with Crippen LogP contribution in [0.3, 0.4) is 0 Å². The number of nitrogens with zero attached hydrogens (tertiary/aromatic N) is 4. The van der Waals surface area contributed by atoms with Gasteiger partial charge in [-0.05, 0) is 63.7 Å². The minimum atomic E-state index is 0.647. The van der Waals surface area contributed by atoms with Crippen LogP contribution in [0.5, 0.6) is 0 Å². The summed E-state index contributed by atoms with van der Waals surface area (Å²) in [6, 6.07) is 57.6. The summed E-state index contributed by atoms with van der Waals surface area (Å²) < 4.78 is 3.74. The molecule has 7 aromatic carbocycles. The van der Waals surface area contributed by atoms with Gasteiger partial charge in [0, 0.05) is 43.2 Å². The first-order valence-corrected chi connectivity index (χ1v) is 17.6. The Morgan fingerprint density at radius 3 is 1.76 bits per heavy atom. The molecule has 0 amide bonds. The lowest BCUT2D eigenvalue weighted by Gasteiger charge is -2.11. The zero-order valence-corrected chi connectivity index (χ0v) is 27.7. The molecule has 0 spiro atoms. The number of para-hydroxylation sites is 1. The number of hydrogen-bond acceptors (Lipinski definition) is 4. The predicted octanol–water partition coefficient (Wildman–Crippen LogP) is 12.0. The van der Waals surface area contributed by atoms with Crippen molar-refractivity contribution in [3.05, 3.63) is 169 Å². The monoisotopic (exact) mass is 656 g/mol. The van der Waals surface area contributed by atoms with Crippen molar-refractivity contribution < 1.29 is 0 Å². The SMILES string of the molecule is c1ccc(-c2nc(-c3ccccc3)nc(-c3cccc(-c4ccc(-n5c6ccccc6c6c7ccc8ccsc8c7ccc65)cc4)c3)n2)cc1. The Hall–Kier alpha value is -6.43. The standard InChI is InChI=1S/C45H28N4S/c1-3-10-31(11-4-1)43-46-44(32-12-5-2-6-13-32)48-45(47-43)34-15-9-14-33(28-34)29-18-21-35(22-19-29)49-39-17-8-7-16-38(39)41-36-23-20-30-26-27-50-42(30)37(36)24-25-40(41)49/h1-28H. The fraction of sp³-hybridized carbons (Fsp3) is 0. The van der Waals surface area contributed by atoms with Gasteiger partial charge in [0.15, 0.2) is 17.5 Å². The van der Waals surface area contributed by atoms with E-state index in [1.54, 1.807) is 0 Å². The summed E-state index contributed by atoms with van der Waals surface area (Å²) in [5.41, 5.74) is 8.63. The highest BCUT2D eigenvalue weighted by atomic mass is 32.1. The van der Waals surface area contributed by atoms with E-state index in [4.69, 9.17) is 15.0 Å². The molecule has 0 fully saturated rings. The van der Waals surface area contributed by atoms with Gasteiger partial charge in [0.25, 0.3) is 0 Å². The summed E-state index contributed by atoms with van der Waals surface area (Å²) in [5, 5.41) is 8.66. The van der Waals surface area contributed by atoms with Crippen molar-refractivity contribution in [1.29, 1.82) is 0 Å². The third kappa shape index (κ3) is 4.71. The smallest absolute Gasteiger partial charge is 0.164 e. The van der Waals surface area contributed by atoms with Crippen LogP contribution in [0.15, 0.2) is 169 Å². The minimum Gasteiger partial charge on any atom is -0.309 e. The summed E-state index contributed by atoms with van der Waals surface area (Å²) in [4.78, 5) is 14.8. The lowest BCUT2D eigenvalue weighted by Crippen LogP contribution is -2.00. The molecule has 0 radical (unpaired) electrons. The first-order chi connectivity index (χ1) is 24.8. The Kier molecular flexibility index (Phi) is 6.64. The topological polar surface area (TPSA) is 43.6 Å². The maximum atomic E-state index is 4.95. The van der Waals surface area contributed by atoms with E-state index < -0.39 is 0 Å². The van der Waals surface area contributed by atoms with Crippen LogP contribution in [0.2, 0.25) is 0 Å². The first-order valence-electron chi connectivity index (χ1n) is 16.7. The van der Waals surface area contributed by atoms with Gasteiger partial charge >= 0.3 is 0 Å². The van der Waals surface area contributed by atoms with Gasteiger partial charge in [0.2, 0.25) is 0 Å². The molecule has 0 atom stereocenters. The van der Waals surface area contributed by atoms with Crippen LogP contribution >= 0.6 is 11.3 Å². The fourth-order valence-corrected chi connectivity index (χ4v) is 8.09. The first kappa shape index (κ1) is 28.6. The average Bonchev–Trinajstić information content (AvgIpc) is 3.82. The molecule has 0 unspecified atom stereocenters. The van der Waals surface area contributed by atoms with E-state index in [-0.39, 0.29) is 0 Å². The molecule has 0 N–H and O–H groups in total. The molecule has 10 aromatic rings. The van der Waals surface area contributed by atoms with Crippen molar-refractivity contribution in [2.45, 2.75) is 0 Å². The molecule has 5 heteroatoms. The quantitative estimate of drug-likeness (QED) is 0.185. The van der Waals surface area contributed by atoms with Crippen molar-refractivity contribution in [2.75, 3.05) is 0 Å². The van der Waals surface area contributed by atoms with E-state index in [1.807, 2.05) is 72.0 Å². The van der Waals surface area contributed by atoms with Gasteiger partial charge in [-0.3, -0.25) is 0 Å². The number of benzene rings is 7. The molecule has 4 nitrogen and oxygen atoms in total. The molecular formula is C45H28N4S. The largest absolute Gasteiger partial charge is 0.309 e. The molecule has 0 aliphatic heterocycles. The lowest BCUT2D eigenvalue weighted by atomic mass is 10.0. The van der Waals surface area contributed by atoms with Gasteiger partial charge in [-0.25, -0.2) is 15.0 Å². The average molecular weight is 657 g/mol. The maximum absolute atomic E-state index is 4.95. The van der Waals surface area contributed by atoms with E-state index >= 15 is 0 Å². The second-order valence-electron chi connectivity index (χ2n) is 12.5. The third-order valence-corrected chi connectivity index (χ3v) is 10.5.